The summed E-state index contributed by atoms with van der Waals surface area (Å²) in [7, 11) is 0. The van der Waals surface area contributed by atoms with Crippen molar-refractivity contribution in [2.24, 2.45) is 5.73 Å². The van der Waals surface area contributed by atoms with Gasteiger partial charge in [-0.25, -0.2) is 0 Å². The average molecular weight is 396 g/mol. The molecule has 2 aromatic carbocycles. The fourth-order valence-corrected chi connectivity index (χ4v) is 3.05. The van der Waals surface area contributed by atoms with Gasteiger partial charge in [-0.05, 0) is 42.8 Å². The number of rotatable bonds is 7. The van der Waals surface area contributed by atoms with Gasteiger partial charge < -0.3 is 26.0 Å². The first-order valence-corrected chi connectivity index (χ1v) is 9.46. The minimum atomic E-state index is -0.695. The molecule has 0 unspecified atom stereocenters. The third-order valence-electron chi connectivity index (χ3n) is 4.49. The first-order valence-electron chi connectivity index (χ1n) is 9.46. The Morgan fingerprint density at radius 2 is 1.86 bits per heavy atom. The zero-order valence-electron chi connectivity index (χ0n) is 16.2. The molecule has 8 heteroatoms. The molecule has 3 amide bonds. The Balaban J connectivity index is 1.69. The quantitative estimate of drug-likeness (QED) is 0.657. The maximum absolute atomic E-state index is 12.6. The van der Waals surface area contributed by atoms with E-state index < -0.39 is 12.0 Å². The van der Waals surface area contributed by atoms with Gasteiger partial charge in [0, 0.05) is 17.8 Å². The second-order valence-electron chi connectivity index (χ2n) is 6.74. The standard InChI is InChI=1S/C21H24N4O4/c1-2-11-23-21(28)18-12-25(16-5-3-4-6-17(16)29-18)13-19(26)24-15-9-7-14(8-10-15)20(22)27/h3-10,18H,2,11-13H2,1H3,(H2,22,27)(H,23,28)(H,24,26)/t18-/m1/s1. The summed E-state index contributed by atoms with van der Waals surface area (Å²) in [5.74, 6) is -0.413. The predicted molar refractivity (Wildman–Crippen MR) is 110 cm³/mol. The highest BCUT2D eigenvalue weighted by molar-refractivity contribution is 5.96. The minimum absolute atomic E-state index is 0.0511. The van der Waals surface area contributed by atoms with Gasteiger partial charge in [0.15, 0.2) is 6.10 Å². The van der Waals surface area contributed by atoms with Crippen molar-refractivity contribution >= 4 is 29.1 Å². The Labute approximate surface area is 169 Å². The van der Waals surface area contributed by atoms with E-state index in [1.54, 1.807) is 30.3 Å². The summed E-state index contributed by atoms with van der Waals surface area (Å²) < 4.78 is 5.83. The minimum Gasteiger partial charge on any atom is -0.477 e. The number of amides is 3. The number of primary amides is 1. The van der Waals surface area contributed by atoms with Crippen molar-refractivity contribution in [3.63, 3.8) is 0 Å². The lowest BCUT2D eigenvalue weighted by molar-refractivity contribution is -0.128. The highest BCUT2D eigenvalue weighted by Crippen LogP contribution is 2.33. The van der Waals surface area contributed by atoms with Crippen LogP contribution >= 0.6 is 0 Å². The number of nitrogens with one attached hydrogen (secondary N) is 2. The second-order valence-corrected chi connectivity index (χ2v) is 6.74. The van der Waals surface area contributed by atoms with Crippen LogP contribution < -0.4 is 26.0 Å². The number of hydrogen-bond acceptors (Lipinski definition) is 5. The van der Waals surface area contributed by atoms with Gasteiger partial charge in [-0.1, -0.05) is 19.1 Å². The van der Waals surface area contributed by atoms with Crippen LogP contribution in [0, 0.1) is 0 Å². The van der Waals surface area contributed by atoms with Crippen LogP contribution in [0.3, 0.4) is 0 Å². The third-order valence-corrected chi connectivity index (χ3v) is 4.49. The second kappa shape index (κ2) is 9.09. The molecular weight excluding hydrogens is 372 g/mol. The van der Waals surface area contributed by atoms with E-state index in [4.69, 9.17) is 10.5 Å². The number of hydrogen-bond donors (Lipinski definition) is 3. The van der Waals surface area contributed by atoms with E-state index in [1.807, 2.05) is 30.0 Å². The van der Waals surface area contributed by atoms with Crippen LogP contribution in [-0.2, 0) is 9.59 Å². The van der Waals surface area contributed by atoms with Crippen LogP contribution in [0.4, 0.5) is 11.4 Å². The Morgan fingerprint density at radius 1 is 1.14 bits per heavy atom. The first kappa shape index (κ1) is 20.2. The number of benzene rings is 2. The highest BCUT2D eigenvalue weighted by Gasteiger charge is 2.31. The predicted octanol–water partition coefficient (Wildman–Crippen LogP) is 1.52. The molecule has 2 aromatic rings. The van der Waals surface area contributed by atoms with Crippen molar-refractivity contribution in [1.29, 1.82) is 0 Å². The average Bonchev–Trinajstić information content (AvgIpc) is 2.72. The third kappa shape index (κ3) is 5.04. The number of nitrogens with two attached hydrogens (primary N) is 1. The van der Waals surface area contributed by atoms with Gasteiger partial charge in [0.2, 0.25) is 11.8 Å². The Hall–Kier alpha value is -3.55. The normalized spacial score (nSPS) is 15.1. The van der Waals surface area contributed by atoms with Gasteiger partial charge in [-0.15, -0.1) is 0 Å². The van der Waals surface area contributed by atoms with E-state index in [2.05, 4.69) is 10.6 Å². The van der Waals surface area contributed by atoms with Gasteiger partial charge in [0.05, 0.1) is 18.8 Å². The SMILES string of the molecule is CCCNC(=O)[C@H]1CN(CC(=O)Nc2ccc(C(N)=O)cc2)c2ccccc2O1. The molecule has 1 aliphatic heterocycles. The van der Waals surface area contributed by atoms with Gasteiger partial charge in [0.1, 0.15) is 5.75 Å². The molecule has 0 aliphatic carbocycles. The van der Waals surface area contributed by atoms with E-state index in [9.17, 15) is 14.4 Å². The van der Waals surface area contributed by atoms with Gasteiger partial charge in [-0.2, -0.15) is 0 Å². The van der Waals surface area contributed by atoms with Crippen LogP contribution in [0.1, 0.15) is 23.7 Å². The van der Waals surface area contributed by atoms with Crippen LogP contribution in [0.5, 0.6) is 5.75 Å². The fraction of sp³-hybridized carbons (Fsp3) is 0.286. The number of anilines is 2. The summed E-state index contributed by atoms with van der Waals surface area (Å²) in [5, 5.41) is 5.62. The summed E-state index contributed by atoms with van der Waals surface area (Å²) in [6.07, 6.45) is 0.134. The molecule has 3 rings (SSSR count). The van der Waals surface area contributed by atoms with E-state index in [0.717, 1.165) is 12.1 Å². The van der Waals surface area contributed by atoms with Crippen molar-refractivity contribution < 1.29 is 19.1 Å². The summed E-state index contributed by atoms with van der Waals surface area (Å²) in [4.78, 5) is 37.9. The van der Waals surface area contributed by atoms with Crippen molar-refractivity contribution in [2.45, 2.75) is 19.4 Å². The van der Waals surface area contributed by atoms with Gasteiger partial charge in [0.25, 0.3) is 5.91 Å². The summed E-state index contributed by atoms with van der Waals surface area (Å²) >= 11 is 0. The van der Waals surface area contributed by atoms with Gasteiger partial charge in [-0.3, -0.25) is 14.4 Å². The summed E-state index contributed by atoms with van der Waals surface area (Å²) in [5.41, 5.74) is 6.90. The largest absolute Gasteiger partial charge is 0.477 e. The molecule has 1 aliphatic rings. The molecule has 152 valence electrons. The first-order chi connectivity index (χ1) is 14.0. The molecule has 0 bridgehead atoms. The van der Waals surface area contributed by atoms with Crippen molar-refractivity contribution in [2.75, 3.05) is 29.9 Å². The number of nitrogens with zero attached hydrogens (tertiary/aromatic N) is 1. The number of carbonyl (C=O) groups excluding carboxylic acids is 3. The Morgan fingerprint density at radius 3 is 2.55 bits per heavy atom. The molecule has 0 radical (unpaired) electrons. The Bertz CT molecular complexity index is 898. The highest BCUT2D eigenvalue weighted by atomic mass is 16.5. The number of carbonyl (C=O) groups is 3. The molecule has 0 saturated heterocycles. The van der Waals surface area contributed by atoms with Crippen LogP contribution in [-0.4, -0.2) is 43.5 Å². The van der Waals surface area contributed by atoms with Crippen LogP contribution in [0.25, 0.3) is 0 Å². The fourth-order valence-electron chi connectivity index (χ4n) is 3.05. The number of para-hydroxylation sites is 2. The molecular formula is C21H24N4O4. The number of ether oxygens (including phenoxy) is 1. The lowest BCUT2D eigenvalue weighted by Crippen LogP contribution is -2.50. The molecule has 0 aromatic heterocycles. The maximum Gasteiger partial charge on any atom is 0.262 e. The molecule has 0 saturated carbocycles. The topological polar surface area (TPSA) is 114 Å². The van der Waals surface area contributed by atoms with E-state index in [0.29, 0.717) is 23.5 Å². The van der Waals surface area contributed by atoms with E-state index >= 15 is 0 Å². The molecule has 1 heterocycles. The molecule has 1 atom stereocenters. The smallest absolute Gasteiger partial charge is 0.262 e. The maximum atomic E-state index is 12.6. The van der Waals surface area contributed by atoms with Crippen LogP contribution in [0.2, 0.25) is 0 Å². The zero-order valence-corrected chi connectivity index (χ0v) is 16.2. The summed E-state index contributed by atoms with van der Waals surface area (Å²) in [6.45, 7) is 2.86. The number of fused-ring (bicyclic) bond motifs is 1. The Kier molecular flexibility index (Phi) is 6.33. The van der Waals surface area contributed by atoms with Crippen LogP contribution in [0.15, 0.2) is 48.5 Å². The molecule has 0 spiro atoms. The lowest BCUT2D eigenvalue weighted by Gasteiger charge is -2.35. The summed E-state index contributed by atoms with van der Waals surface area (Å²) in [6, 6.07) is 13.6. The lowest BCUT2D eigenvalue weighted by atomic mass is 10.1. The zero-order chi connectivity index (χ0) is 20.8. The van der Waals surface area contributed by atoms with E-state index in [1.165, 1.54) is 0 Å². The van der Waals surface area contributed by atoms with Crippen molar-refractivity contribution in [3.8, 4) is 5.75 Å². The van der Waals surface area contributed by atoms with Crippen molar-refractivity contribution in [3.05, 3.63) is 54.1 Å². The molecule has 8 nitrogen and oxygen atoms in total. The molecule has 0 fully saturated rings. The van der Waals surface area contributed by atoms with E-state index in [-0.39, 0.29) is 24.9 Å². The molecule has 4 N–H and O–H groups in total. The van der Waals surface area contributed by atoms with Gasteiger partial charge >= 0.3 is 0 Å². The van der Waals surface area contributed by atoms with Crippen molar-refractivity contribution in [1.82, 2.24) is 5.32 Å². The molecule has 29 heavy (non-hydrogen) atoms. The monoisotopic (exact) mass is 396 g/mol.